The van der Waals surface area contributed by atoms with Crippen LogP contribution in [0.5, 0.6) is 0 Å². The van der Waals surface area contributed by atoms with E-state index in [2.05, 4.69) is 10.6 Å². The third-order valence-electron chi connectivity index (χ3n) is 4.18. The monoisotopic (exact) mass is 319 g/mol. The maximum absolute atomic E-state index is 11.8. The van der Waals surface area contributed by atoms with Crippen LogP contribution in [0, 0.1) is 5.92 Å². The van der Waals surface area contributed by atoms with Crippen LogP contribution in [0.15, 0.2) is 0 Å². The van der Waals surface area contributed by atoms with Gasteiger partial charge < -0.3 is 16.4 Å². The van der Waals surface area contributed by atoms with Crippen LogP contribution in [0.25, 0.3) is 0 Å². The molecular weight excluding hydrogens is 290 g/mol. The minimum absolute atomic E-state index is 0. The van der Waals surface area contributed by atoms with Crippen LogP contribution in [0.3, 0.4) is 0 Å². The van der Waals surface area contributed by atoms with Crippen molar-refractivity contribution in [3.8, 4) is 0 Å². The molecule has 1 aliphatic rings. The lowest BCUT2D eigenvalue weighted by molar-refractivity contribution is -0.124. The summed E-state index contributed by atoms with van der Waals surface area (Å²) in [6.45, 7) is 4.33. The molecular formula is C15H30ClN3O2. The molecule has 4 N–H and O–H groups in total. The van der Waals surface area contributed by atoms with Gasteiger partial charge >= 0.3 is 0 Å². The number of rotatable bonds is 7. The Balaban J connectivity index is 0.00000400. The van der Waals surface area contributed by atoms with Gasteiger partial charge in [0, 0.05) is 19.0 Å². The van der Waals surface area contributed by atoms with Gasteiger partial charge in [0.15, 0.2) is 0 Å². The summed E-state index contributed by atoms with van der Waals surface area (Å²) in [6, 6.07) is -0.157. The molecule has 0 bridgehead atoms. The second-order valence-electron chi connectivity index (χ2n) is 5.85. The molecule has 2 amide bonds. The minimum atomic E-state index is -0.485. The maximum Gasteiger partial charge on any atom is 0.237 e. The Kier molecular flexibility index (Phi) is 10.4. The average Bonchev–Trinajstić information content (AvgIpc) is 2.46. The van der Waals surface area contributed by atoms with Gasteiger partial charge in [-0.15, -0.1) is 12.4 Å². The Labute approximate surface area is 134 Å². The highest BCUT2D eigenvalue weighted by Gasteiger charge is 2.19. The Hall–Kier alpha value is -0.810. The molecule has 1 rings (SSSR count). The van der Waals surface area contributed by atoms with Crippen molar-refractivity contribution in [1.82, 2.24) is 10.6 Å². The normalized spacial score (nSPS) is 18.2. The molecule has 0 aromatic heterocycles. The largest absolute Gasteiger partial charge is 0.354 e. The van der Waals surface area contributed by atoms with E-state index in [1.807, 2.05) is 13.8 Å². The van der Waals surface area contributed by atoms with E-state index < -0.39 is 6.04 Å². The van der Waals surface area contributed by atoms with Crippen molar-refractivity contribution in [2.45, 2.75) is 70.9 Å². The molecule has 2 atom stereocenters. The fourth-order valence-electron chi connectivity index (χ4n) is 2.48. The number of nitrogens with one attached hydrogen (secondary N) is 2. The summed E-state index contributed by atoms with van der Waals surface area (Å²) in [5.41, 5.74) is 5.82. The van der Waals surface area contributed by atoms with Gasteiger partial charge in [-0.2, -0.15) is 0 Å². The van der Waals surface area contributed by atoms with Gasteiger partial charge in [0.25, 0.3) is 0 Å². The molecule has 0 saturated heterocycles. The van der Waals surface area contributed by atoms with E-state index in [1.54, 1.807) is 0 Å². The van der Waals surface area contributed by atoms with Crippen molar-refractivity contribution in [2.75, 3.05) is 6.54 Å². The van der Waals surface area contributed by atoms with E-state index in [9.17, 15) is 9.59 Å². The number of carbonyl (C=O) groups is 2. The Morgan fingerprint density at radius 1 is 1.24 bits per heavy atom. The first-order valence-electron chi connectivity index (χ1n) is 7.87. The predicted molar refractivity (Wildman–Crippen MR) is 87.3 cm³/mol. The number of amides is 2. The fraction of sp³-hybridized carbons (Fsp3) is 0.867. The van der Waals surface area contributed by atoms with Crippen LogP contribution in [-0.4, -0.2) is 30.4 Å². The molecule has 1 fully saturated rings. The minimum Gasteiger partial charge on any atom is -0.354 e. The van der Waals surface area contributed by atoms with Gasteiger partial charge in [-0.25, -0.2) is 0 Å². The quantitative estimate of drug-likeness (QED) is 0.668. The smallest absolute Gasteiger partial charge is 0.237 e. The Morgan fingerprint density at radius 2 is 1.86 bits per heavy atom. The molecule has 0 aromatic rings. The van der Waals surface area contributed by atoms with Crippen molar-refractivity contribution < 1.29 is 9.59 Å². The van der Waals surface area contributed by atoms with E-state index in [1.165, 1.54) is 19.3 Å². The van der Waals surface area contributed by atoms with Crippen molar-refractivity contribution in [2.24, 2.45) is 11.7 Å². The molecule has 0 aromatic carbocycles. The van der Waals surface area contributed by atoms with Crippen LogP contribution in [0.1, 0.15) is 58.8 Å². The first-order chi connectivity index (χ1) is 9.54. The summed E-state index contributed by atoms with van der Waals surface area (Å²) in [6.07, 6.45) is 7.03. The van der Waals surface area contributed by atoms with E-state index in [0.717, 1.165) is 19.3 Å². The Morgan fingerprint density at radius 3 is 2.43 bits per heavy atom. The lowest BCUT2D eigenvalue weighted by atomic mass is 9.95. The summed E-state index contributed by atoms with van der Waals surface area (Å²) in [5, 5.41) is 5.78. The van der Waals surface area contributed by atoms with E-state index >= 15 is 0 Å². The van der Waals surface area contributed by atoms with Crippen LogP contribution in [0.2, 0.25) is 0 Å². The molecule has 0 radical (unpaired) electrons. The highest BCUT2D eigenvalue weighted by molar-refractivity contribution is 5.85. The number of carbonyl (C=O) groups excluding carboxylic acids is 2. The van der Waals surface area contributed by atoms with Crippen LogP contribution in [-0.2, 0) is 9.59 Å². The third kappa shape index (κ3) is 7.67. The number of nitrogens with two attached hydrogens (primary N) is 1. The van der Waals surface area contributed by atoms with Gasteiger partial charge in [0.1, 0.15) is 0 Å². The zero-order valence-corrected chi connectivity index (χ0v) is 14.0. The van der Waals surface area contributed by atoms with Gasteiger partial charge in [0.2, 0.25) is 11.8 Å². The zero-order valence-electron chi connectivity index (χ0n) is 13.2. The summed E-state index contributed by atoms with van der Waals surface area (Å²) >= 11 is 0. The lowest BCUT2D eigenvalue weighted by Crippen LogP contribution is -2.45. The van der Waals surface area contributed by atoms with Gasteiger partial charge in [0.05, 0.1) is 6.04 Å². The molecule has 5 nitrogen and oxygen atoms in total. The number of hydrogen-bond acceptors (Lipinski definition) is 3. The standard InChI is InChI=1S/C15H29N3O2.ClH/c1-3-11(2)14(16)15(20)17-10-9-13(19)18-12-7-5-4-6-8-12;/h11-12,14H,3-10,16H2,1-2H3,(H,17,20)(H,18,19);1H. The van der Waals surface area contributed by atoms with Crippen LogP contribution in [0.4, 0.5) is 0 Å². The molecule has 6 heteroatoms. The summed E-state index contributed by atoms with van der Waals surface area (Å²) in [4.78, 5) is 23.5. The summed E-state index contributed by atoms with van der Waals surface area (Å²) in [7, 11) is 0. The average molecular weight is 320 g/mol. The SMILES string of the molecule is CCC(C)C(N)C(=O)NCCC(=O)NC1CCCCC1.Cl. The van der Waals surface area contributed by atoms with Gasteiger partial charge in [-0.05, 0) is 18.8 Å². The first-order valence-corrected chi connectivity index (χ1v) is 7.87. The molecule has 1 aliphatic carbocycles. The van der Waals surface area contributed by atoms with Crippen LogP contribution < -0.4 is 16.4 Å². The third-order valence-corrected chi connectivity index (χ3v) is 4.18. The molecule has 21 heavy (non-hydrogen) atoms. The van der Waals surface area contributed by atoms with Gasteiger partial charge in [-0.3, -0.25) is 9.59 Å². The topological polar surface area (TPSA) is 84.2 Å². The van der Waals surface area contributed by atoms with E-state index in [0.29, 0.717) is 19.0 Å². The highest BCUT2D eigenvalue weighted by Crippen LogP contribution is 2.17. The molecule has 1 saturated carbocycles. The van der Waals surface area contributed by atoms with Crippen molar-refractivity contribution >= 4 is 24.2 Å². The lowest BCUT2D eigenvalue weighted by Gasteiger charge is -2.23. The number of halogens is 1. The van der Waals surface area contributed by atoms with E-state index in [4.69, 9.17) is 5.73 Å². The molecule has 2 unspecified atom stereocenters. The molecule has 124 valence electrons. The zero-order chi connectivity index (χ0) is 15.0. The summed E-state index contributed by atoms with van der Waals surface area (Å²) < 4.78 is 0. The molecule has 0 aliphatic heterocycles. The van der Waals surface area contributed by atoms with Crippen LogP contribution >= 0.6 is 12.4 Å². The highest BCUT2D eigenvalue weighted by atomic mass is 35.5. The van der Waals surface area contributed by atoms with Crippen molar-refractivity contribution in [3.63, 3.8) is 0 Å². The molecule has 0 heterocycles. The second kappa shape index (κ2) is 10.9. The number of hydrogen-bond donors (Lipinski definition) is 3. The van der Waals surface area contributed by atoms with Crippen molar-refractivity contribution in [3.05, 3.63) is 0 Å². The Bertz CT molecular complexity index is 320. The first kappa shape index (κ1) is 20.2. The molecule has 0 spiro atoms. The van der Waals surface area contributed by atoms with E-state index in [-0.39, 0.29) is 30.1 Å². The predicted octanol–water partition coefficient (Wildman–Crippen LogP) is 1.74. The second-order valence-corrected chi connectivity index (χ2v) is 5.85. The maximum atomic E-state index is 11.8. The van der Waals surface area contributed by atoms with Gasteiger partial charge in [-0.1, -0.05) is 39.5 Å². The van der Waals surface area contributed by atoms with Crippen molar-refractivity contribution in [1.29, 1.82) is 0 Å². The summed E-state index contributed by atoms with van der Waals surface area (Å²) in [5.74, 6) is 0.0187. The fourth-order valence-corrected chi connectivity index (χ4v) is 2.48.